The maximum Gasteiger partial charge on any atom is 0.144 e. The topological polar surface area (TPSA) is 54.5 Å². The molecule has 3 heterocycles. The molecule has 0 bridgehead atoms. The Labute approximate surface area is 129 Å². The first-order valence-corrected chi connectivity index (χ1v) is 8.55. The monoisotopic (exact) mass is 312 g/mol. The number of nitrogens with one attached hydrogen (secondary N) is 1. The van der Waals surface area contributed by atoms with Gasteiger partial charge in [-0.3, -0.25) is 5.10 Å². The van der Waals surface area contributed by atoms with Crippen LogP contribution in [0.1, 0.15) is 5.01 Å². The lowest BCUT2D eigenvalue weighted by Crippen LogP contribution is -1.85. The lowest BCUT2D eigenvalue weighted by atomic mass is 10.1. The number of pyridine rings is 1. The third-order valence-electron chi connectivity index (χ3n) is 3.44. The second-order valence-corrected chi connectivity index (χ2v) is 6.76. The molecule has 0 fully saturated rings. The minimum absolute atomic E-state index is 0.963. The van der Waals surface area contributed by atoms with Crippen LogP contribution in [0.2, 0.25) is 0 Å². The van der Waals surface area contributed by atoms with Gasteiger partial charge in [-0.15, -0.1) is 11.8 Å². The summed E-state index contributed by atoms with van der Waals surface area (Å²) in [6, 6.07) is 8.30. The van der Waals surface area contributed by atoms with Crippen LogP contribution in [-0.4, -0.2) is 26.4 Å². The summed E-state index contributed by atoms with van der Waals surface area (Å²) in [4.78, 5) is 11.4. The predicted molar refractivity (Wildman–Crippen MR) is 89.0 cm³/mol. The minimum Gasteiger partial charge on any atom is -0.277 e. The SMILES string of the molecule is CSc1ccc(-c2ccc3nc(C)sc3n2)c2cn[nH]c12. The van der Waals surface area contributed by atoms with Crippen LogP contribution in [0.3, 0.4) is 0 Å². The fourth-order valence-corrected chi connectivity index (χ4v) is 3.83. The molecule has 4 nitrogen and oxygen atoms in total. The highest BCUT2D eigenvalue weighted by molar-refractivity contribution is 7.98. The van der Waals surface area contributed by atoms with Crippen LogP contribution in [0, 0.1) is 6.92 Å². The summed E-state index contributed by atoms with van der Waals surface area (Å²) >= 11 is 3.34. The summed E-state index contributed by atoms with van der Waals surface area (Å²) in [5.41, 5.74) is 4.10. The van der Waals surface area contributed by atoms with Gasteiger partial charge in [0, 0.05) is 15.8 Å². The van der Waals surface area contributed by atoms with E-state index in [0.29, 0.717) is 0 Å². The molecule has 4 rings (SSSR count). The van der Waals surface area contributed by atoms with Gasteiger partial charge in [0.05, 0.1) is 22.4 Å². The van der Waals surface area contributed by atoms with E-state index in [1.807, 2.05) is 25.3 Å². The summed E-state index contributed by atoms with van der Waals surface area (Å²) in [6.07, 6.45) is 3.94. The number of aromatic nitrogens is 4. The Bertz CT molecular complexity index is 955. The van der Waals surface area contributed by atoms with Gasteiger partial charge in [0.15, 0.2) is 0 Å². The van der Waals surface area contributed by atoms with Crippen LogP contribution in [0.15, 0.2) is 35.4 Å². The van der Waals surface area contributed by atoms with E-state index < -0.39 is 0 Å². The van der Waals surface area contributed by atoms with Crippen molar-refractivity contribution in [1.82, 2.24) is 20.2 Å². The van der Waals surface area contributed by atoms with Gasteiger partial charge in [-0.1, -0.05) is 17.4 Å². The van der Waals surface area contributed by atoms with Crippen molar-refractivity contribution in [3.63, 3.8) is 0 Å². The second kappa shape index (κ2) is 4.82. The molecular weight excluding hydrogens is 300 g/mol. The number of H-pyrrole nitrogens is 1. The van der Waals surface area contributed by atoms with Crippen LogP contribution in [0.25, 0.3) is 32.5 Å². The van der Waals surface area contributed by atoms with Gasteiger partial charge in [0.1, 0.15) is 10.3 Å². The van der Waals surface area contributed by atoms with Gasteiger partial charge >= 0.3 is 0 Å². The molecule has 0 radical (unpaired) electrons. The van der Waals surface area contributed by atoms with E-state index in [-0.39, 0.29) is 0 Å². The number of hydrogen-bond acceptors (Lipinski definition) is 5. The van der Waals surface area contributed by atoms with Crippen molar-refractivity contribution in [3.8, 4) is 11.3 Å². The standard InChI is InChI=1S/C15H12N4S2/c1-8-17-12-5-4-11(18-15(12)21-8)9-3-6-13(20-2)14-10(9)7-16-19-14/h3-7H,1-2H3,(H,16,19). The van der Waals surface area contributed by atoms with Crippen LogP contribution in [0.4, 0.5) is 0 Å². The zero-order valence-corrected chi connectivity index (χ0v) is 13.2. The lowest BCUT2D eigenvalue weighted by molar-refractivity contribution is 1.11. The van der Waals surface area contributed by atoms with Gasteiger partial charge in [-0.2, -0.15) is 5.10 Å². The van der Waals surface area contributed by atoms with E-state index in [1.165, 1.54) is 4.90 Å². The molecule has 0 unspecified atom stereocenters. The van der Waals surface area contributed by atoms with Gasteiger partial charge in [0.2, 0.25) is 0 Å². The van der Waals surface area contributed by atoms with Crippen molar-refractivity contribution in [3.05, 3.63) is 35.5 Å². The van der Waals surface area contributed by atoms with Crippen molar-refractivity contribution in [1.29, 1.82) is 0 Å². The molecule has 1 N–H and O–H groups in total. The van der Waals surface area contributed by atoms with Gasteiger partial charge < -0.3 is 0 Å². The minimum atomic E-state index is 0.963. The average molecular weight is 312 g/mol. The van der Waals surface area contributed by atoms with E-state index in [0.717, 1.165) is 37.5 Å². The van der Waals surface area contributed by atoms with Crippen LogP contribution >= 0.6 is 23.1 Å². The van der Waals surface area contributed by atoms with Crippen molar-refractivity contribution in [2.24, 2.45) is 0 Å². The molecule has 21 heavy (non-hydrogen) atoms. The molecule has 0 amide bonds. The summed E-state index contributed by atoms with van der Waals surface area (Å²) in [6.45, 7) is 2.01. The Balaban J connectivity index is 1.97. The number of thiazole rings is 1. The Morgan fingerprint density at radius 2 is 2.05 bits per heavy atom. The van der Waals surface area contributed by atoms with Gasteiger partial charge in [-0.05, 0) is 31.4 Å². The van der Waals surface area contributed by atoms with E-state index in [1.54, 1.807) is 23.1 Å². The molecule has 0 aliphatic heterocycles. The van der Waals surface area contributed by atoms with Crippen molar-refractivity contribution >= 4 is 44.3 Å². The lowest BCUT2D eigenvalue weighted by Gasteiger charge is -2.05. The first-order valence-electron chi connectivity index (χ1n) is 6.51. The number of aromatic amines is 1. The zero-order valence-electron chi connectivity index (χ0n) is 11.5. The third kappa shape index (κ3) is 2.02. The molecule has 0 aliphatic carbocycles. The Morgan fingerprint density at radius 1 is 1.14 bits per heavy atom. The average Bonchev–Trinajstić information content (AvgIpc) is 3.10. The molecule has 0 aliphatic rings. The first-order chi connectivity index (χ1) is 10.3. The number of thioether (sulfide) groups is 1. The third-order valence-corrected chi connectivity index (χ3v) is 5.10. The number of rotatable bonds is 2. The summed E-state index contributed by atoms with van der Waals surface area (Å²) in [5.74, 6) is 0. The number of hydrogen-bond donors (Lipinski definition) is 1. The Kier molecular flexibility index (Phi) is 2.94. The van der Waals surface area contributed by atoms with Gasteiger partial charge in [-0.25, -0.2) is 9.97 Å². The summed E-state index contributed by atoms with van der Waals surface area (Å²) in [7, 11) is 0. The van der Waals surface area contributed by atoms with Crippen molar-refractivity contribution in [2.75, 3.05) is 6.26 Å². The molecule has 6 heteroatoms. The molecule has 3 aromatic heterocycles. The van der Waals surface area contributed by atoms with Crippen molar-refractivity contribution in [2.45, 2.75) is 11.8 Å². The van der Waals surface area contributed by atoms with Crippen LogP contribution < -0.4 is 0 Å². The number of nitrogens with zero attached hydrogens (tertiary/aromatic N) is 3. The molecule has 104 valence electrons. The van der Waals surface area contributed by atoms with Crippen LogP contribution in [0.5, 0.6) is 0 Å². The maximum absolute atomic E-state index is 4.76. The maximum atomic E-state index is 4.76. The molecule has 0 saturated carbocycles. The smallest absolute Gasteiger partial charge is 0.144 e. The number of aryl methyl sites for hydroxylation is 1. The number of fused-ring (bicyclic) bond motifs is 2. The van der Waals surface area contributed by atoms with Crippen LogP contribution in [-0.2, 0) is 0 Å². The quantitative estimate of drug-likeness (QED) is 0.562. The molecule has 0 saturated heterocycles. The van der Waals surface area contributed by atoms with E-state index in [4.69, 9.17) is 4.98 Å². The normalized spacial score (nSPS) is 11.5. The zero-order chi connectivity index (χ0) is 14.4. The van der Waals surface area contributed by atoms with Crippen molar-refractivity contribution < 1.29 is 0 Å². The highest BCUT2D eigenvalue weighted by Gasteiger charge is 2.11. The molecule has 1 aromatic carbocycles. The van der Waals surface area contributed by atoms with E-state index in [2.05, 4.69) is 33.6 Å². The molecular formula is C15H12N4S2. The van der Waals surface area contributed by atoms with E-state index >= 15 is 0 Å². The molecule has 4 aromatic rings. The Hall–Kier alpha value is -1.92. The fourth-order valence-electron chi connectivity index (χ4n) is 2.48. The van der Waals surface area contributed by atoms with Gasteiger partial charge in [0.25, 0.3) is 0 Å². The largest absolute Gasteiger partial charge is 0.277 e. The highest BCUT2D eigenvalue weighted by Crippen LogP contribution is 2.33. The molecule has 0 atom stereocenters. The summed E-state index contributed by atoms with van der Waals surface area (Å²) < 4.78 is 0. The van der Waals surface area contributed by atoms with E-state index in [9.17, 15) is 0 Å². The fraction of sp³-hybridized carbons (Fsp3) is 0.133. The second-order valence-electron chi connectivity index (χ2n) is 4.73. The predicted octanol–water partition coefficient (Wildman–Crippen LogP) is 4.26. The molecule has 0 spiro atoms. The highest BCUT2D eigenvalue weighted by atomic mass is 32.2. The first kappa shape index (κ1) is 12.8. The summed E-state index contributed by atoms with van der Waals surface area (Å²) in [5, 5.41) is 9.42. The Morgan fingerprint density at radius 3 is 2.90 bits per heavy atom. The number of benzene rings is 1.